The molecule has 0 radical (unpaired) electrons. The van der Waals surface area contributed by atoms with Crippen molar-refractivity contribution < 1.29 is 22.4 Å². The van der Waals surface area contributed by atoms with Crippen LogP contribution in [0.4, 0.5) is 5.69 Å². The third-order valence-electron chi connectivity index (χ3n) is 5.33. The number of carbonyl (C=O) groups is 2. The molecule has 2 saturated heterocycles. The monoisotopic (exact) mass is 417 g/mol. The number of rotatable bonds is 6. The lowest BCUT2D eigenvalue weighted by atomic mass is 10.1. The van der Waals surface area contributed by atoms with Crippen LogP contribution >= 0.6 is 0 Å². The molecule has 1 N–H and O–H groups in total. The Morgan fingerprint density at radius 1 is 1.17 bits per heavy atom. The molecule has 1 aromatic carbocycles. The summed E-state index contributed by atoms with van der Waals surface area (Å²) in [5.74, 6) is -0.209. The summed E-state index contributed by atoms with van der Waals surface area (Å²) in [6.45, 7) is 2.27. The minimum absolute atomic E-state index is 0.0422. The van der Waals surface area contributed by atoms with Crippen LogP contribution in [0, 0.1) is 0 Å². The van der Waals surface area contributed by atoms with Crippen LogP contribution < -0.4 is 9.62 Å². The predicted octanol–water partition coefficient (Wildman–Crippen LogP) is 1.91. The molecule has 3 heterocycles. The van der Waals surface area contributed by atoms with Gasteiger partial charge in [0.1, 0.15) is 5.76 Å². The van der Waals surface area contributed by atoms with E-state index in [2.05, 4.69) is 10.2 Å². The molecule has 4 rings (SSSR count). The van der Waals surface area contributed by atoms with Gasteiger partial charge >= 0.3 is 0 Å². The van der Waals surface area contributed by atoms with Gasteiger partial charge in [-0.3, -0.25) is 14.5 Å². The van der Waals surface area contributed by atoms with E-state index in [-0.39, 0.29) is 29.8 Å². The number of nitrogens with one attached hydrogen (secondary N) is 1. The molecule has 29 heavy (non-hydrogen) atoms. The maximum atomic E-state index is 12.7. The highest BCUT2D eigenvalue weighted by atomic mass is 32.2. The molecule has 2 amide bonds. The number of carbonyl (C=O) groups excluding carboxylic acids is 2. The van der Waals surface area contributed by atoms with Gasteiger partial charge in [-0.2, -0.15) is 0 Å². The van der Waals surface area contributed by atoms with Gasteiger partial charge < -0.3 is 9.73 Å². The lowest BCUT2D eigenvalue weighted by Crippen LogP contribution is -2.36. The molecule has 0 aliphatic carbocycles. The molecule has 9 heteroatoms. The van der Waals surface area contributed by atoms with Crippen LogP contribution in [0.25, 0.3) is 0 Å². The molecule has 8 nitrogen and oxygen atoms in total. The molecule has 0 saturated carbocycles. The number of likely N-dealkylation sites (tertiary alicyclic amines) is 1. The predicted molar refractivity (Wildman–Crippen MR) is 107 cm³/mol. The van der Waals surface area contributed by atoms with Crippen LogP contribution in [0.5, 0.6) is 0 Å². The number of sulfonamides is 1. The molecular formula is C20H23N3O5S. The van der Waals surface area contributed by atoms with Gasteiger partial charge in [0.2, 0.25) is 15.9 Å². The van der Waals surface area contributed by atoms with E-state index in [9.17, 15) is 18.0 Å². The van der Waals surface area contributed by atoms with Crippen LogP contribution in [0.3, 0.4) is 0 Å². The van der Waals surface area contributed by atoms with Gasteiger partial charge in [-0.05, 0) is 56.3 Å². The number of nitrogens with zero attached hydrogens (tertiary/aromatic N) is 2. The average Bonchev–Trinajstić information content (AvgIpc) is 3.45. The molecule has 0 spiro atoms. The molecule has 1 atom stereocenters. The van der Waals surface area contributed by atoms with E-state index in [4.69, 9.17) is 4.42 Å². The van der Waals surface area contributed by atoms with Crippen molar-refractivity contribution in [3.8, 4) is 0 Å². The van der Waals surface area contributed by atoms with Crippen molar-refractivity contribution in [1.82, 2.24) is 10.2 Å². The number of furan rings is 1. The summed E-state index contributed by atoms with van der Waals surface area (Å²) >= 11 is 0. The molecule has 2 aliphatic heterocycles. The first kappa shape index (κ1) is 19.7. The normalized spacial score (nSPS) is 20.1. The Bertz CT molecular complexity index is 997. The smallest absolute Gasteiger partial charge is 0.251 e. The molecule has 1 aromatic heterocycles. The van der Waals surface area contributed by atoms with Gasteiger partial charge in [-0.1, -0.05) is 6.07 Å². The zero-order valence-corrected chi connectivity index (χ0v) is 16.7. The second-order valence-electron chi connectivity index (χ2n) is 7.26. The van der Waals surface area contributed by atoms with Gasteiger partial charge in [0, 0.05) is 18.5 Å². The quantitative estimate of drug-likeness (QED) is 0.771. The summed E-state index contributed by atoms with van der Waals surface area (Å²) in [4.78, 5) is 27.0. The molecule has 0 unspecified atom stereocenters. The van der Waals surface area contributed by atoms with Gasteiger partial charge in [-0.15, -0.1) is 0 Å². The van der Waals surface area contributed by atoms with E-state index in [0.717, 1.165) is 36.0 Å². The Kier molecular flexibility index (Phi) is 5.42. The fraction of sp³-hybridized carbons (Fsp3) is 0.400. The van der Waals surface area contributed by atoms with Gasteiger partial charge in [-0.25, -0.2) is 12.7 Å². The fourth-order valence-corrected chi connectivity index (χ4v) is 5.33. The highest BCUT2D eigenvalue weighted by Gasteiger charge is 2.36. The van der Waals surface area contributed by atoms with Crippen LogP contribution in [-0.4, -0.2) is 50.5 Å². The van der Waals surface area contributed by atoms with Crippen LogP contribution in [0.1, 0.15) is 41.4 Å². The fourth-order valence-electron chi connectivity index (χ4n) is 3.88. The standard InChI is InChI=1S/C20H23N3O5S/c24-19-8-12-29(26,27)23(19)16-6-3-5-15(13-16)20(25)21-14-17(18-7-4-11-28-18)22-9-1-2-10-22/h3-7,11,13,17H,1-2,8-10,12,14H2,(H,21,25)/t17-/m1/s1. The summed E-state index contributed by atoms with van der Waals surface area (Å²) in [6.07, 6.45) is 3.81. The number of hydrogen-bond acceptors (Lipinski definition) is 6. The Labute approximate surface area is 169 Å². The van der Waals surface area contributed by atoms with Crippen molar-refractivity contribution in [3.05, 3.63) is 54.0 Å². The van der Waals surface area contributed by atoms with Crippen molar-refractivity contribution in [1.29, 1.82) is 0 Å². The van der Waals surface area contributed by atoms with Crippen LogP contribution in [0.15, 0.2) is 47.1 Å². The number of hydrogen-bond donors (Lipinski definition) is 1. The lowest BCUT2D eigenvalue weighted by Gasteiger charge is -2.26. The highest BCUT2D eigenvalue weighted by molar-refractivity contribution is 7.94. The summed E-state index contributed by atoms with van der Waals surface area (Å²) in [7, 11) is -3.67. The first-order valence-corrected chi connectivity index (χ1v) is 11.3. The number of benzene rings is 1. The van der Waals surface area contributed by atoms with Gasteiger partial charge in [0.25, 0.3) is 5.91 Å². The summed E-state index contributed by atoms with van der Waals surface area (Å²) < 4.78 is 30.6. The first-order valence-electron chi connectivity index (χ1n) is 9.67. The molecule has 2 aliphatic rings. The van der Waals surface area contributed by atoms with E-state index in [1.807, 2.05) is 12.1 Å². The Balaban J connectivity index is 1.49. The number of amides is 2. The van der Waals surface area contributed by atoms with Gasteiger partial charge in [0.05, 0.1) is 23.7 Å². The first-order chi connectivity index (χ1) is 14.0. The number of anilines is 1. The van der Waals surface area contributed by atoms with E-state index in [0.29, 0.717) is 12.1 Å². The zero-order valence-electron chi connectivity index (χ0n) is 15.9. The van der Waals surface area contributed by atoms with Crippen LogP contribution in [0.2, 0.25) is 0 Å². The van der Waals surface area contributed by atoms with Crippen molar-refractivity contribution in [2.24, 2.45) is 0 Å². The van der Waals surface area contributed by atoms with Crippen molar-refractivity contribution in [2.75, 3.05) is 29.7 Å². The topological polar surface area (TPSA) is 99.9 Å². The second-order valence-corrected chi connectivity index (χ2v) is 9.20. The largest absolute Gasteiger partial charge is 0.468 e. The maximum Gasteiger partial charge on any atom is 0.251 e. The Morgan fingerprint density at radius 3 is 2.62 bits per heavy atom. The Hall–Kier alpha value is -2.65. The van der Waals surface area contributed by atoms with Crippen molar-refractivity contribution in [3.63, 3.8) is 0 Å². The SMILES string of the molecule is O=C(NC[C@H](c1ccco1)N1CCCC1)c1cccc(N2C(=O)CCS2(=O)=O)c1. The van der Waals surface area contributed by atoms with Gasteiger partial charge in [0.15, 0.2) is 0 Å². The second kappa shape index (κ2) is 8.00. The summed E-state index contributed by atoms with van der Waals surface area (Å²) in [5.41, 5.74) is 0.499. The molecule has 2 fully saturated rings. The van der Waals surface area contributed by atoms with E-state index >= 15 is 0 Å². The zero-order chi connectivity index (χ0) is 20.4. The van der Waals surface area contributed by atoms with Crippen LogP contribution in [-0.2, 0) is 14.8 Å². The Morgan fingerprint density at radius 2 is 1.97 bits per heavy atom. The minimum Gasteiger partial charge on any atom is -0.468 e. The molecule has 2 aromatic rings. The van der Waals surface area contributed by atoms with E-state index in [1.165, 1.54) is 12.1 Å². The average molecular weight is 417 g/mol. The van der Waals surface area contributed by atoms with Crippen molar-refractivity contribution >= 4 is 27.5 Å². The third-order valence-corrected chi connectivity index (χ3v) is 7.02. The summed E-state index contributed by atoms with van der Waals surface area (Å²) in [5, 5.41) is 2.92. The molecule has 154 valence electrons. The minimum atomic E-state index is -3.67. The maximum absolute atomic E-state index is 12.7. The molecule has 0 bridgehead atoms. The highest BCUT2D eigenvalue weighted by Crippen LogP contribution is 2.27. The lowest BCUT2D eigenvalue weighted by molar-refractivity contribution is -0.116. The van der Waals surface area contributed by atoms with E-state index < -0.39 is 15.9 Å². The molecular weight excluding hydrogens is 394 g/mol. The van der Waals surface area contributed by atoms with E-state index in [1.54, 1.807) is 18.4 Å². The summed E-state index contributed by atoms with van der Waals surface area (Å²) in [6, 6.07) is 9.82. The van der Waals surface area contributed by atoms with Crippen molar-refractivity contribution in [2.45, 2.75) is 25.3 Å². The third kappa shape index (κ3) is 4.06.